The molecule has 0 N–H and O–H groups in total. The van der Waals surface area contributed by atoms with Crippen LogP contribution in [-0.4, -0.2) is 41.1 Å². The first kappa shape index (κ1) is 21.5. The molecule has 3 aliphatic rings. The SMILES string of the molecule is CC(C)=CC(=O)CC(C)(C)[C@@H]1C[C@@]2(C[C@H]3OC(C)(C)O[C@@H]13)OC(C)(C)OC2=O. The molecule has 0 radical (unpaired) electrons. The number of ether oxygens (including phenoxy) is 4. The van der Waals surface area contributed by atoms with Crippen molar-refractivity contribution < 1.29 is 28.5 Å². The molecule has 158 valence electrons. The molecule has 4 atom stereocenters. The van der Waals surface area contributed by atoms with Crippen LogP contribution in [0, 0.1) is 11.3 Å². The highest BCUT2D eigenvalue weighted by Crippen LogP contribution is 2.54. The van der Waals surface area contributed by atoms with Crippen molar-refractivity contribution in [3.63, 3.8) is 0 Å². The Balaban J connectivity index is 1.94. The number of ketones is 1. The fourth-order valence-electron chi connectivity index (χ4n) is 5.02. The minimum atomic E-state index is -1.06. The zero-order valence-electron chi connectivity index (χ0n) is 18.4. The van der Waals surface area contributed by atoms with Gasteiger partial charge in [-0.1, -0.05) is 19.4 Å². The van der Waals surface area contributed by atoms with Crippen LogP contribution < -0.4 is 0 Å². The predicted molar refractivity (Wildman–Crippen MR) is 103 cm³/mol. The van der Waals surface area contributed by atoms with Gasteiger partial charge in [-0.15, -0.1) is 0 Å². The van der Waals surface area contributed by atoms with E-state index >= 15 is 0 Å². The lowest BCUT2D eigenvalue weighted by atomic mass is 9.62. The van der Waals surface area contributed by atoms with Crippen molar-refractivity contribution >= 4 is 11.8 Å². The van der Waals surface area contributed by atoms with Gasteiger partial charge in [0.05, 0.1) is 12.2 Å². The van der Waals surface area contributed by atoms with Crippen molar-refractivity contribution in [2.45, 2.75) is 104 Å². The van der Waals surface area contributed by atoms with Crippen molar-refractivity contribution in [1.82, 2.24) is 0 Å². The third kappa shape index (κ3) is 4.05. The van der Waals surface area contributed by atoms with E-state index in [-0.39, 0.29) is 29.9 Å². The Kier molecular flexibility index (Phi) is 5.09. The van der Waals surface area contributed by atoms with E-state index in [4.69, 9.17) is 18.9 Å². The second kappa shape index (κ2) is 6.64. The first-order valence-electron chi connectivity index (χ1n) is 10.1. The molecule has 2 heterocycles. The van der Waals surface area contributed by atoms with E-state index in [1.165, 1.54) is 0 Å². The maximum absolute atomic E-state index is 12.8. The van der Waals surface area contributed by atoms with E-state index in [0.29, 0.717) is 19.3 Å². The summed E-state index contributed by atoms with van der Waals surface area (Å²) in [6.45, 7) is 15.2. The van der Waals surface area contributed by atoms with Crippen LogP contribution in [0.4, 0.5) is 0 Å². The second-order valence-electron chi connectivity index (χ2n) is 10.4. The van der Waals surface area contributed by atoms with Gasteiger partial charge in [0.25, 0.3) is 0 Å². The molecule has 1 saturated carbocycles. The maximum Gasteiger partial charge on any atom is 0.341 e. The van der Waals surface area contributed by atoms with Gasteiger partial charge in [0.1, 0.15) is 0 Å². The molecule has 1 aliphatic carbocycles. The van der Waals surface area contributed by atoms with Gasteiger partial charge in [-0.2, -0.15) is 0 Å². The van der Waals surface area contributed by atoms with Gasteiger partial charge in [0, 0.05) is 26.7 Å². The minimum Gasteiger partial charge on any atom is -0.432 e. The number of esters is 1. The summed E-state index contributed by atoms with van der Waals surface area (Å²) in [5, 5.41) is 0. The van der Waals surface area contributed by atoms with E-state index in [2.05, 4.69) is 13.8 Å². The topological polar surface area (TPSA) is 71.1 Å². The molecule has 0 unspecified atom stereocenters. The lowest BCUT2D eigenvalue weighted by Gasteiger charge is -2.46. The highest BCUT2D eigenvalue weighted by atomic mass is 16.8. The number of hydrogen-bond donors (Lipinski definition) is 0. The second-order valence-corrected chi connectivity index (χ2v) is 10.4. The van der Waals surface area contributed by atoms with Gasteiger partial charge in [-0.05, 0) is 51.5 Å². The fraction of sp³-hybridized carbons (Fsp3) is 0.818. The molecule has 6 nitrogen and oxygen atoms in total. The quantitative estimate of drug-likeness (QED) is 0.532. The Labute approximate surface area is 167 Å². The Hall–Kier alpha value is -1.24. The van der Waals surface area contributed by atoms with Gasteiger partial charge < -0.3 is 18.9 Å². The van der Waals surface area contributed by atoms with Crippen molar-refractivity contribution in [2.75, 3.05) is 0 Å². The van der Waals surface area contributed by atoms with Gasteiger partial charge in [0.2, 0.25) is 5.79 Å². The predicted octanol–water partition coefficient (Wildman–Crippen LogP) is 3.92. The molecule has 0 aromatic heterocycles. The molecule has 3 fully saturated rings. The maximum atomic E-state index is 12.8. The van der Waals surface area contributed by atoms with Crippen LogP contribution in [-0.2, 0) is 28.5 Å². The summed E-state index contributed by atoms with van der Waals surface area (Å²) >= 11 is 0. The smallest absolute Gasteiger partial charge is 0.341 e. The molecule has 2 saturated heterocycles. The first-order chi connectivity index (χ1) is 12.6. The Bertz CT molecular complexity index is 700. The third-order valence-electron chi connectivity index (χ3n) is 5.93. The van der Waals surface area contributed by atoms with E-state index in [0.717, 1.165) is 5.57 Å². The van der Waals surface area contributed by atoms with Crippen LogP contribution in [0.2, 0.25) is 0 Å². The van der Waals surface area contributed by atoms with Gasteiger partial charge >= 0.3 is 5.97 Å². The van der Waals surface area contributed by atoms with Crippen LogP contribution in [0.25, 0.3) is 0 Å². The van der Waals surface area contributed by atoms with E-state index in [9.17, 15) is 9.59 Å². The molecule has 0 aromatic carbocycles. The van der Waals surface area contributed by atoms with Gasteiger partial charge in [-0.25, -0.2) is 4.79 Å². The average molecular weight is 395 g/mol. The molecule has 2 aliphatic heterocycles. The largest absolute Gasteiger partial charge is 0.432 e. The summed E-state index contributed by atoms with van der Waals surface area (Å²) < 4.78 is 24.1. The Morgan fingerprint density at radius 2 is 1.75 bits per heavy atom. The number of hydrogen-bond acceptors (Lipinski definition) is 6. The number of fused-ring (bicyclic) bond motifs is 1. The van der Waals surface area contributed by atoms with Crippen LogP contribution >= 0.6 is 0 Å². The van der Waals surface area contributed by atoms with Crippen molar-refractivity contribution in [1.29, 1.82) is 0 Å². The molecule has 6 heteroatoms. The van der Waals surface area contributed by atoms with Crippen molar-refractivity contribution in [3.05, 3.63) is 11.6 Å². The van der Waals surface area contributed by atoms with E-state index < -0.39 is 22.6 Å². The minimum absolute atomic E-state index is 0.0783. The molecule has 28 heavy (non-hydrogen) atoms. The Morgan fingerprint density at radius 3 is 2.29 bits per heavy atom. The molecule has 3 rings (SSSR count). The third-order valence-corrected chi connectivity index (χ3v) is 5.93. The summed E-state index contributed by atoms with van der Waals surface area (Å²) in [7, 11) is 0. The summed E-state index contributed by atoms with van der Waals surface area (Å²) in [6.07, 6.45) is 2.41. The lowest BCUT2D eigenvalue weighted by Crippen LogP contribution is -2.55. The van der Waals surface area contributed by atoms with Crippen molar-refractivity contribution in [2.24, 2.45) is 11.3 Å². The molecule has 1 spiro atoms. The summed E-state index contributed by atoms with van der Waals surface area (Å²) in [4.78, 5) is 25.4. The van der Waals surface area contributed by atoms with Crippen LogP contribution in [0.3, 0.4) is 0 Å². The molecular formula is C22H34O6. The number of allylic oxidation sites excluding steroid dienone is 2. The van der Waals surface area contributed by atoms with Crippen LogP contribution in [0.15, 0.2) is 11.6 Å². The summed E-state index contributed by atoms with van der Waals surface area (Å²) in [5.41, 5.74) is -0.486. The summed E-state index contributed by atoms with van der Waals surface area (Å²) in [6, 6.07) is 0. The van der Waals surface area contributed by atoms with E-state index in [1.54, 1.807) is 19.9 Å². The normalized spacial score (nSPS) is 36.1. The molecule has 0 bridgehead atoms. The molecular weight excluding hydrogens is 360 g/mol. The zero-order chi connectivity index (χ0) is 21.1. The molecule has 0 aromatic rings. The lowest BCUT2D eigenvalue weighted by molar-refractivity contribution is -0.189. The summed E-state index contributed by atoms with van der Waals surface area (Å²) in [5.74, 6) is -2.07. The zero-order valence-corrected chi connectivity index (χ0v) is 18.4. The highest BCUT2D eigenvalue weighted by molar-refractivity contribution is 5.90. The van der Waals surface area contributed by atoms with Crippen LogP contribution in [0.5, 0.6) is 0 Å². The Morgan fingerprint density at radius 1 is 1.11 bits per heavy atom. The highest BCUT2D eigenvalue weighted by Gasteiger charge is 2.64. The number of carbonyl (C=O) groups is 2. The van der Waals surface area contributed by atoms with Crippen molar-refractivity contribution in [3.8, 4) is 0 Å². The van der Waals surface area contributed by atoms with Crippen LogP contribution in [0.1, 0.15) is 74.7 Å². The molecule has 0 amide bonds. The fourth-order valence-corrected chi connectivity index (χ4v) is 5.02. The monoisotopic (exact) mass is 394 g/mol. The standard InChI is InChI=1S/C22H34O6/c1-13(2)9-14(23)10-19(3,4)15-11-22(18(24)27-21(7,8)28-22)12-16-17(15)26-20(5,6)25-16/h9,15-17H,10-12H2,1-8H3/t15-,16-,17+,22+/m1/s1. The number of rotatable bonds is 4. The van der Waals surface area contributed by atoms with Gasteiger partial charge in [-0.3, -0.25) is 4.79 Å². The van der Waals surface area contributed by atoms with Gasteiger partial charge in [0.15, 0.2) is 17.2 Å². The number of carbonyl (C=O) groups excluding carboxylic acids is 2. The first-order valence-corrected chi connectivity index (χ1v) is 10.1. The number of cyclic esters (lactones) is 1. The average Bonchev–Trinajstić information content (AvgIpc) is 2.87. The van der Waals surface area contributed by atoms with E-state index in [1.807, 2.05) is 27.7 Å².